The van der Waals surface area contributed by atoms with Crippen LogP contribution in [0.3, 0.4) is 0 Å². The summed E-state index contributed by atoms with van der Waals surface area (Å²) in [5.74, 6) is 0. The predicted octanol–water partition coefficient (Wildman–Crippen LogP) is 2.96. The van der Waals surface area contributed by atoms with Crippen molar-refractivity contribution in [3.8, 4) is 0 Å². The molecule has 0 spiro atoms. The smallest absolute Gasteiger partial charge is 0.297 e. The highest BCUT2D eigenvalue weighted by Crippen LogP contribution is 2.30. The second-order valence-corrected chi connectivity index (χ2v) is 8.98. The first-order valence-corrected chi connectivity index (χ1v) is 11.4. The Morgan fingerprint density at radius 3 is 2.39 bits per heavy atom. The van der Waals surface area contributed by atoms with Crippen molar-refractivity contribution >= 4 is 10.1 Å². The zero-order chi connectivity index (χ0) is 22.4. The summed E-state index contributed by atoms with van der Waals surface area (Å²) in [6.07, 6.45) is -3.55. The van der Waals surface area contributed by atoms with Crippen LogP contribution in [0, 0.1) is 6.92 Å². The lowest BCUT2D eigenvalue weighted by Gasteiger charge is -2.42. The average molecular weight is 449 g/mol. The van der Waals surface area contributed by atoms with E-state index in [4.69, 9.17) is 18.4 Å². The van der Waals surface area contributed by atoms with Crippen LogP contribution in [-0.4, -0.2) is 50.8 Å². The fourth-order valence-corrected chi connectivity index (χ4v) is 4.32. The van der Waals surface area contributed by atoms with Gasteiger partial charge >= 0.3 is 0 Å². The van der Waals surface area contributed by atoms with Crippen molar-refractivity contribution in [2.45, 2.75) is 56.1 Å². The lowest BCUT2D eigenvalue weighted by Crippen LogP contribution is -2.59. The fraction of sp³-hybridized carbons (Fsp3) is 0.391. The normalized spacial score (nSPS) is 26.5. The lowest BCUT2D eigenvalue weighted by molar-refractivity contribution is -0.292. The van der Waals surface area contributed by atoms with E-state index in [-0.39, 0.29) is 18.1 Å². The summed E-state index contributed by atoms with van der Waals surface area (Å²) in [5.41, 5.74) is 1.79. The molecule has 5 atom stereocenters. The third kappa shape index (κ3) is 6.00. The minimum absolute atomic E-state index is 0.00417. The molecule has 1 heterocycles. The first-order valence-electron chi connectivity index (χ1n) is 10.0. The summed E-state index contributed by atoms with van der Waals surface area (Å²) >= 11 is 0. The highest BCUT2D eigenvalue weighted by atomic mass is 32.2. The van der Waals surface area contributed by atoms with E-state index in [0.29, 0.717) is 0 Å². The highest BCUT2D eigenvalue weighted by Gasteiger charge is 2.48. The summed E-state index contributed by atoms with van der Waals surface area (Å²) in [6.45, 7) is 7.41. The molecule has 31 heavy (non-hydrogen) atoms. The van der Waals surface area contributed by atoms with Crippen molar-refractivity contribution < 1.29 is 31.9 Å². The molecule has 3 rings (SSSR count). The topological polar surface area (TPSA) is 91.3 Å². The van der Waals surface area contributed by atoms with Crippen LogP contribution in [0.15, 0.2) is 72.1 Å². The van der Waals surface area contributed by atoms with Gasteiger partial charge in [-0.1, -0.05) is 54.1 Å². The van der Waals surface area contributed by atoms with Gasteiger partial charge in [0.25, 0.3) is 10.1 Å². The lowest BCUT2D eigenvalue weighted by atomic mass is 9.99. The molecule has 1 aliphatic rings. The number of rotatable bonds is 9. The van der Waals surface area contributed by atoms with E-state index < -0.39 is 40.8 Å². The third-order valence-corrected chi connectivity index (χ3v) is 6.29. The minimum atomic E-state index is -4.17. The van der Waals surface area contributed by atoms with Crippen LogP contribution in [0.2, 0.25) is 0 Å². The Morgan fingerprint density at radius 1 is 1.06 bits per heavy atom. The first kappa shape index (κ1) is 23.6. The molecule has 0 unspecified atom stereocenters. The molecule has 2 aromatic rings. The van der Waals surface area contributed by atoms with Crippen LogP contribution < -0.4 is 0 Å². The molecule has 1 fully saturated rings. The second kappa shape index (κ2) is 10.5. The maximum atomic E-state index is 12.9. The zero-order valence-corrected chi connectivity index (χ0v) is 18.4. The van der Waals surface area contributed by atoms with Crippen molar-refractivity contribution in [1.29, 1.82) is 0 Å². The van der Waals surface area contributed by atoms with Gasteiger partial charge in [0.05, 0.1) is 24.2 Å². The van der Waals surface area contributed by atoms with Gasteiger partial charge in [-0.2, -0.15) is 8.42 Å². The van der Waals surface area contributed by atoms with E-state index >= 15 is 0 Å². The van der Waals surface area contributed by atoms with Gasteiger partial charge in [-0.3, -0.25) is 4.18 Å². The number of ether oxygens (including phenoxy) is 3. The second-order valence-electron chi connectivity index (χ2n) is 7.41. The van der Waals surface area contributed by atoms with Crippen LogP contribution in [-0.2, 0) is 35.1 Å². The zero-order valence-electron chi connectivity index (χ0n) is 17.6. The molecule has 2 aromatic carbocycles. The SMILES string of the molecule is C=CCO[C@@H]1O[C@@H](C)[C@H](O)[C@@H](OCc2ccccc2)[C@H]1OS(=O)(=O)c1ccc(C)cc1. The standard InChI is InChI=1S/C23H28O7S/c1-4-14-27-23-22(30-31(25,26)19-12-10-16(2)11-13-19)21(20(24)17(3)29-23)28-15-18-8-6-5-7-9-18/h4-13,17,20-24H,1,14-15H2,2-3H3/t17-,20-,21+,22+,23+/m0/s1. The Hall–Kier alpha value is -2.07. The van der Waals surface area contributed by atoms with Gasteiger partial charge < -0.3 is 19.3 Å². The summed E-state index contributed by atoms with van der Waals surface area (Å²) in [5, 5.41) is 10.7. The molecule has 7 nitrogen and oxygen atoms in total. The van der Waals surface area contributed by atoms with Gasteiger partial charge in [0, 0.05) is 0 Å². The number of hydrogen-bond donors (Lipinski definition) is 1. The number of aliphatic hydroxyl groups is 1. The third-order valence-electron chi connectivity index (χ3n) is 4.97. The Morgan fingerprint density at radius 2 is 1.74 bits per heavy atom. The van der Waals surface area contributed by atoms with Crippen LogP contribution in [0.1, 0.15) is 18.1 Å². The molecule has 0 bridgehead atoms. The van der Waals surface area contributed by atoms with E-state index in [1.54, 1.807) is 19.1 Å². The predicted molar refractivity (Wildman–Crippen MR) is 115 cm³/mol. The van der Waals surface area contributed by atoms with Gasteiger partial charge in [0.15, 0.2) is 12.4 Å². The number of aliphatic hydroxyl groups excluding tert-OH is 1. The van der Waals surface area contributed by atoms with Crippen LogP contribution in [0.25, 0.3) is 0 Å². The Balaban J connectivity index is 1.87. The van der Waals surface area contributed by atoms with Gasteiger partial charge in [-0.15, -0.1) is 6.58 Å². The molecule has 0 saturated carbocycles. The highest BCUT2D eigenvalue weighted by molar-refractivity contribution is 7.86. The molecular formula is C23H28O7S. The van der Waals surface area contributed by atoms with Gasteiger partial charge in [-0.25, -0.2) is 0 Å². The summed E-state index contributed by atoms with van der Waals surface area (Å²) in [6, 6.07) is 15.7. The minimum Gasteiger partial charge on any atom is -0.388 e. The number of hydrogen-bond acceptors (Lipinski definition) is 7. The Labute approximate surface area is 183 Å². The van der Waals surface area contributed by atoms with Crippen LogP contribution in [0.5, 0.6) is 0 Å². The van der Waals surface area contributed by atoms with Gasteiger partial charge in [0.2, 0.25) is 0 Å². The number of aryl methyl sites for hydroxylation is 1. The molecule has 1 N–H and O–H groups in total. The van der Waals surface area contributed by atoms with Crippen LogP contribution in [0.4, 0.5) is 0 Å². The molecule has 1 saturated heterocycles. The molecule has 0 aliphatic carbocycles. The van der Waals surface area contributed by atoms with Gasteiger partial charge in [-0.05, 0) is 31.5 Å². The van der Waals surface area contributed by atoms with E-state index in [2.05, 4.69) is 6.58 Å². The molecular weight excluding hydrogens is 420 g/mol. The van der Waals surface area contributed by atoms with Crippen molar-refractivity contribution in [3.05, 3.63) is 78.4 Å². The Kier molecular flexibility index (Phi) is 7.99. The number of benzene rings is 2. The van der Waals surface area contributed by atoms with Gasteiger partial charge in [0.1, 0.15) is 12.2 Å². The Bertz CT molecular complexity index is 944. The first-order chi connectivity index (χ1) is 14.8. The quantitative estimate of drug-likeness (QED) is 0.466. The molecule has 8 heteroatoms. The molecule has 1 aliphatic heterocycles. The van der Waals surface area contributed by atoms with E-state index in [0.717, 1.165) is 11.1 Å². The van der Waals surface area contributed by atoms with E-state index in [1.807, 2.05) is 37.3 Å². The average Bonchev–Trinajstić information content (AvgIpc) is 2.76. The van der Waals surface area contributed by atoms with Crippen molar-refractivity contribution in [1.82, 2.24) is 0 Å². The monoisotopic (exact) mass is 448 g/mol. The molecule has 168 valence electrons. The molecule has 0 aromatic heterocycles. The largest absolute Gasteiger partial charge is 0.388 e. The summed E-state index contributed by atoms with van der Waals surface area (Å²) in [4.78, 5) is -0.00417. The fourth-order valence-electron chi connectivity index (χ4n) is 3.25. The van der Waals surface area contributed by atoms with E-state index in [9.17, 15) is 13.5 Å². The van der Waals surface area contributed by atoms with E-state index in [1.165, 1.54) is 18.2 Å². The van der Waals surface area contributed by atoms with Crippen molar-refractivity contribution in [2.75, 3.05) is 6.61 Å². The molecule has 0 amide bonds. The van der Waals surface area contributed by atoms with Crippen molar-refractivity contribution in [3.63, 3.8) is 0 Å². The maximum absolute atomic E-state index is 12.9. The summed E-state index contributed by atoms with van der Waals surface area (Å²) in [7, 11) is -4.17. The summed E-state index contributed by atoms with van der Waals surface area (Å²) < 4.78 is 48.7. The van der Waals surface area contributed by atoms with Crippen LogP contribution >= 0.6 is 0 Å². The maximum Gasteiger partial charge on any atom is 0.297 e. The molecule has 0 radical (unpaired) electrons. The van der Waals surface area contributed by atoms with Crippen molar-refractivity contribution in [2.24, 2.45) is 0 Å².